The van der Waals surface area contributed by atoms with Gasteiger partial charge in [-0.05, 0) is 108 Å². The number of aromatic amines is 1. The zero-order chi connectivity index (χ0) is 52.5. The monoisotopic (exact) mass is 990 g/mol. The van der Waals surface area contributed by atoms with Gasteiger partial charge in [-0.2, -0.15) is 0 Å². The maximum atomic E-state index is 13.9. The Morgan fingerprint density at radius 2 is 1.10 bits per heavy atom. The van der Waals surface area contributed by atoms with Crippen LogP contribution >= 0.6 is 0 Å². The topological polar surface area (TPSA) is 363 Å². The highest BCUT2D eigenvalue weighted by Crippen LogP contribution is 2.13. The van der Waals surface area contributed by atoms with Crippen LogP contribution < -0.4 is 59.3 Å². The summed E-state index contributed by atoms with van der Waals surface area (Å²) in [6.45, 7) is 15.1. The van der Waals surface area contributed by atoms with Crippen LogP contribution in [0.3, 0.4) is 0 Å². The van der Waals surface area contributed by atoms with Crippen molar-refractivity contribution in [2.24, 2.45) is 35.1 Å². The molecule has 1 aliphatic heterocycles. The van der Waals surface area contributed by atoms with Crippen LogP contribution in [-0.2, 0) is 49.6 Å². The van der Waals surface area contributed by atoms with Crippen molar-refractivity contribution in [3.05, 3.63) is 18.2 Å². The minimum atomic E-state index is -1.34. The first-order valence-corrected chi connectivity index (χ1v) is 24.8. The number of imidazole rings is 1. The minimum absolute atomic E-state index is 0.0497. The summed E-state index contributed by atoms with van der Waals surface area (Å²) in [6.07, 6.45) is 6.87. The van der Waals surface area contributed by atoms with E-state index in [1.54, 1.807) is 27.7 Å². The number of hydrogen-bond donors (Lipinski definition) is 13. The molecule has 396 valence electrons. The van der Waals surface area contributed by atoms with Crippen LogP contribution in [0.5, 0.6) is 0 Å². The number of hydrogen-bond acceptors (Lipinski definition) is 13. The Hall–Kier alpha value is -5.68. The summed E-state index contributed by atoms with van der Waals surface area (Å²) in [7, 11) is 0. The summed E-state index contributed by atoms with van der Waals surface area (Å²) in [6, 6.07) is -8.38. The SMILES string of the molecule is CC(C)C[C@H](NC(=O)[C@H](CCCCN)NC(=O)[C@@H](NC(=O)CNC(=O)[C@H](CCCCN)NC(=O)[C@H](CC(C)C)NC(=O)[C@@H](NC(=O)[C@@H]1CCCN1)C(C)C)C(C)C)C(=O)N[C@@H](Cc1c[nH]cn1)C(=O)O. The molecule has 0 saturated carbocycles. The lowest BCUT2D eigenvalue weighted by Crippen LogP contribution is -2.60. The minimum Gasteiger partial charge on any atom is -0.480 e. The molecule has 0 unspecified atom stereocenters. The summed E-state index contributed by atoms with van der Waals surface area (Å²) < 4.78 is 0. The molecular formula is C47H83N13O10. The van der Waals surface area contributed by atoms with Gasteiger partial charge in [-0.25, -0.2) is 9.78 Å². The number of carbonyl (C=O) groups excluding carboxylic acids is 8. The lowest BCUT2D eigenvalue weighted by atomic mass is 9.99. The van der Waals surface area contributed by atoms with E-state index in [2.05, 4.69) is 57.8 Å². The van der Waals surface area contributed by atoms with Gasteiger partial charge in [-0.3, -0.25) is 38.4 Å². The highest BCUT2D eigenvalue weighted by atomic mass is 16.4. The number of rotatable bonds is 33. The first kappa shape index (κ1) is 60.4. The fraction of sp³-hybridized carbons (Fsp3) is 0.745. The molecule has 15 N–H and O–H groups in total. The lowest BCUT2D eigenvalue weighted by molar-refractivity contribution is -0.142. The van der Waals surface area contributed by atoms with Crippen LogP contribution in [0.25, 0.3) is 0 Å². The van der Waals surface area contributed by atoms with Gasteiger partial charge in [0.1, 0.15) is 42.3 Å². The maximum Gasteiger partial charge on any atom is 0.326 e. The van der Waals surface area contributed by atoms with E-state index >= 15 is 0 Å². The largest absolute Gasteiger partial charge is 0.480 e. The molecule has 0 bridgehead atoms. The summed E-state index contributed by atoms with van der Waals surface area (Å²) >= 11 is 0. The van der Waals surface area contributed by atoms with Gasteiger partial charge < -0.3 is 69.4 Å². The Bertz CT molecular complexity index is 1840. The molecular weight excluding hydrogens is 907 g/mol. The van der Waals surface area contributed by atoms with E-state index in [1.165, 1.54) is 12.5 Å². The number of aromatic nitrogens is 2. The molecule has 8 amide bonds. The molecule has 1 aromatic heterocycles. The Morgan fingerprint density at radius 3 is 1.56 bits per heavy atom. The average molecular weight is 990 g/mol. The molecule has 1 saturated heterocycles. The number of aliphatic carboxylic acids is 1. The number of carbonyl (C=O) groups is 9. The second-order valence-electron chi connectivity index (χ2n) is 19.6. The summed E-state index contributed by atoms with van der Waals surface area (Å²) in [4.78, 5) is 128. The van der Waals surface area contributed by atoms with E-state index in [1.807, 2.05) is 27.7 Å². The normalized spacial score (nSPS) is 16.6. The quantitative estimate of drug-likeness (QED) is 0.0375. The first-order valence-electron chi connectivity index (χ1n) is 24.8. The van der Waals surface area contributed by atoms with Crippen LogP contribution in [0.1, 0.15) is 125 Å². The molecule has 23 nitrogen and oxygen atoms in total. The fourth-order valence-corrected chi connectivity index (χ4v) is 7.83. The molecule has 23 heteroatoms. The number of unbranched alkanes of at least 4 members (excludes halogenated alkanes) is 2. The van der Waals surface area contributed by atoms with Crippen LogP contribution in [-0.4, -0.2) is 143 Å². The van der Waals surface area contributed by atoms with E-state index in [0.29, 0.717) is 57.4 Å². The Balaban J connectivity index is 2.19. The van der Waals surface area contributed by atoms with E-state index in [0.717, 1.165) is 6.42 Å². The highest BCUT2D eigenvalue weighted by Gasteiger charge is 2.35. The maximum absolute atomic E-state index is 13.9. The van der Waals surface area contributed by atoms with E-state index in [-0.39, 0.29) is 55.8 Å². The van der Waals surface area contributed by atoms with Gasteiger partial charge >= 0.3 is 5.97 Å². The van der Waals surface area contributed by atoms with Crippen LogP contribution in [0.2, 0.25) is 0 Å². The molecule has 1 aliphatic rings. The third-order valence-corrected chi connectivity index (χ3v) is 11.7. The predicted molar refractivity (Wildman–Crippen MR) is 262 cm³/mol. The molecule has 0 aliphatic carbocycles. The molecule has 2 rings (SSSR count). The Morgan fingerprint density at radius 1 is 0.629 bits per heavy atom. The second kappa shape index (κ2) is 31.5. The number of nitrogens with two attached hydrogens (primary N) is 2. The predicted octanol–water partition coefficient (Wildman–Crippen LogP) is -1.04. The van der Waals surface area contributed by atoms with E-state index in [4.69, 9.17) is 11.5 Å². The van der Waals surface area contributed by atoms with Gasteiger partial charge in [0, 0.05) is 12.6 Å². The zero-order valence-electron chi connectivity index (χ0n) is 42.4. The van der Waals surface area contributed by atoms with Crippen LogP contribution in [0.4, 0.5) is 0 Å². The standard InChI is InChI=1S/C47H83N13O10/c1-26(2)20-34(44(66)58-36(47(69)70)22-30-23-50-25-53-30)56-42(64)33(15-10-12-18-49)55-45(67)38(28(5)6)59-37(61)24-52-40(62)32(14-9-11-17-48)54-43(65)35(21-27(3)4)57-46(68)39(29(7)8)60-41(63)31-16-13-19-51-31/h23,25-29,31-36,38-39,51H,9-22,24,48-49H2,1-8H3,(H,50,53)(H,52,62)(H,54,65)(H,55,67)(H,56,64)(H,57,68)(H,58,66)(H,59,61)(H,60,63)(H,69,70)/t31-,32-,33-,34-,35-,36-,38-,39-/m0/s1. The number of nitrogens with zero attached hydrogens (tertiary/aromatic N) is 1. The van der Waals surface area contributed by atoms with Crippen LogP contribution in [0.15, 0.2) is 12.5 Å². The van der Waals surface area contributed by atoms with Crippen molar-refractivity contribution in [1.29, 1.82) is 0 Å². The van der Waals surface area contributed by atoms with Gasteiger partial charge in [-0.15, -0.1) is 0 Å². The van der Waals surface area contributed by atoms with Crippen molar-refractivity contribution < 1.29 is 48.3 Å². The molecule has 8 atom stereocenters. The number of nitrogens with one attached hydrogen (secondary N) is 10. The van der Waals surface area contributed by atoms with Crippen molar-refractivity contribution in [3.8, 4) is 0 Å². The first-order chi connectivity index (χ1) is 33.1. The van der Waals surface area contributed by atoms with Crippen molar-refractivity contribution in [2.45, 2.75) is 174 Å². The van der Waals surface area contributed by atoms with Gasteiger partial charge in [0.05, 0.1) is 24.6 Å². The third-order valence-electron chi connectivity index (χ3n) is 11.7. The smallest absolute Gasteiger partial charge is 0.326 e. The van der Waals surface area contributed by atoms with Crippen molar-refractivity contribution >= 4 is 53.2 Å². The second-order valence-corrected chi connectivity index (χ2v) is 19.6. The number of amides is 8. The zero-order valence-corrected chi connectivity index (χ0v) is 42.4. The summed E-state index contributed by atoms with van der Waals surface area (Å²) in [5, 5.41) is 34.4. The Kier molecular flexibility index (Phi) is 27.2. The molecule has 0 spiro atoms. The molecule has 1 aromatic rings. The van der Waals surface area contributed by atoms with E-state index < -0.39 is 108 Å². The summed E-state index contributed by atoms with van der Waals surface area (Å²) in [5.74, 6) is -7.30. The van der Waals surface area contributed by atoms with Crippen LogP contribution in [0, 0.1) is 23.7 Å². The van der Waals surface area contributed by atoms with Gasteiger partial charge in [0.2, 0.25) is 47.3 Å². The molecule has 70 heavy (non-hydrogen) atoms. The fourth-order valence-electron chi connectivity index (χ4n) is 7.83. The van der Waals surface area contributed by atoms with Gasteiger partial charge in [0.25, 0.3) is 0 Å². The molecule has 0 aromatic carbocycles. The summed E-state index contributed by atoms with van der Waals surface area (Å²) in [5.41, 5.74) is 11.9. The number of H-pyrrole nitrogens is 1. The lowest BCUT2D eigenvalue weighted by Gasteiger charge is -2.28. The van der Waals surface area contributed by atoms with Crippen molar-refractivity contribution in [2.75, 3.05) is 26.2 Å². The number of carboxylic acids is 1. The number of carboxylic acid groups (broad SMARTS) is 1. The molecule has 1 fully saturated rings. The van der Waals surface area contributed by atoms with Gasteiger partial charge in [0.15, 0.2) is 0 Å². The molecule has 2 heterocycles. The van der Waals surface area contributed by atoms with E-state index in [9.17, 15) is 48.3 Å². The van der Waals surface area contributed by atoms with Crippen molar-refractivity contribution in [1.82, 2.24) is 57.8 Å². The third kappa shape index (κ3) is 22.0. The average Bonchev–Trinajstić information content (AvgIpc) is 4.03. The Labute approximate surface area is 412 Å². The highest BCUT2D eigenvalue weighted by molar-refractivity contribution is 5.97. The van der Waals surface area contributed by atoms with Crippen molar-refractivity contribution in [3.63, 3.8) is 0 Å². The van der Waals surface area contributed by atoms with Gasteiger partial charge in [-0.1, -0.05) is 55.4 Å². The molecule has 0 radical (unpaired) electrons.